The third-order valence-corrected chi connectivity index (χ3v) is 8.92. The lowest BCUT2D eigenvalue weighted by molar-refractivity contribution is -0.145. The Labute approximate surface area is 281 Å². The molecule has 4 rings (SSSR count). The second-order valence-electron chi connectivity index (χ2n) is 12.4. The predicted molar refractivity (Wildman–Crippen MR) is 179 cm³/mol. The standard InChI is InChI=1S/C36H48FN5O6/c1-3-5-6-7-8-9-10-11-12-13-14-15-16-21-29(44)46-22-26-19-17-18-20-27(26)34(45)48-31-28(23-47-36(31,4-2)24-43)42-25-39-30-32(38)40-35(37)41-33(30)42/h2,17-20,25,28,31,43H,3,5-16,21-24H2,1H3,(H2,38,40,41)/t28?,31-,36+/m0/s1. The number of aromatic nitrogens is 4. The minimum atomic E-state index is -1.69. The van der Waals surface area contributed by atoms with E-state index in [-0.39, 0.29) is 41.7 Å². The summed E-state index contributed by atoms with van der Waals surface area (Å²) >= 11 is 0. The molecule has 260 valence electrons. The number of rotatable bonds is 20. The number of carbonyl (C=O) groups excluding carboxylic acids is 2. The molecule has 1 fully saturated rings. The maximum absolute atomic E-state index is 14.1. The molecule has 0 spiro atoms. The molecule has 0 amide bonds. The van der Waals surface area contributed by atoms with Gasteiger partial charge in [0.2, 0.25) is 0 Å². The van der Waals surface area contributed by atoms with Crippen LogP contribution < -0.4 is 5.73 Å². The van der Waals surface area contributed by atoms with Crippen LogP contribution in [0.4, 0.5) is 10.2 Å². The van der Waals surface area contributed by atoms with Crippen LogP contribution in [0.15, 0.2) is 30.6 Å². The van der Waals surface area contributed by atoms with Crippen LogP contribution >= 0.6 is 0 Å². The molecule has 3 aromatic rings. The molecule has 3 N–H and O–H groups in total. The van der Waals surface area contributed by atoms with Gasteiger partial charge in [0.25, 0.3) is 0 Å². The van der Waals surface area contributed by atoms with Crippen molar-refractivity contribution in [2.24, 2.45) is 0 Å². The molecule has 0 aliphatic carbocycles. The van der Waals surface area contributed by atoms with E-state index in [0.717, 1.165) is 19.3 Å². The molecule has 1 unspecified atom stereocenters. The Kier molecular flexibility index (Phi) is 14.1. The number of carbonyl (C=O) groups is 2. The number of terminal acetylenes is 1. The van der Waals surface area contributed by atoms with E-state index in [4.69, 9.17) is 26.4 Å². The van der Waals surface area contributed by atoms with Crippen LogP contribution in [0, 0.1) is 18.4 Å². The molecule has 0 bridgehead atoms. The quantitative estimate of drug-likeness (QED) is 0.0615. The molecule has 1 aromatic carbocycles. The molecule has 0 radical (unpaired) electrons. The Morgan fingerprint density at radius 1 is 1.06 bits per heavy atom. The smallest absolute Gasteiger partial charge is 0.339 e. The number of esters is 2. The first-order chi connectivity index (χ1) is 23.3. The summed E-state index contributed by atoms with van der Waals surface area (Å²) in [5, 5.41) is 10.2. The lowest BCUT2D eigenvalue weighted by atomic mass is 9.95. The zero-order chi connectivity index (χ0) is 34.4. The summed E-state index contributed by atoms with van der Waals surface area (Å²) < 4.78 is 32.7. The maximum atomic E-state index is 14.1. The van der Waals surface area contributed by atoms with Crippen molar-refractivity contribution in [3.05, 3.63) is 47.8 Å². The van der Waals surface area contributed by atoms with Crippen molar-refractivity contribution in [3.63, 3.8) is 0 Å². The summed E-state index contributed by atoms with van der Waals surface area (Å²) in [5.74, 6) is 1.16. The third kappa shape index (κ3) is 9.51. The van der Waals surface area contributed by atoms with Crippen molar-refractivity contribution in [3.8, 4) is 12.3 Å². The molecule has 12 heteroatoms. The Balaban J connectivity index is 1.28. The summed E-state index contributed by atoms with van der Waals surface area (Å²) in [4.78, 5) is 37.6. The van der Waals surface area contributed by atoms with Gasteiger partial charge in [0.15, 0.2) is 23.2 Å². The van der Waals surface area contributed by atoms with Gasteiger partial charge < -0.3 is 29.6 Å². The number of nitrogens with zero attached hydrogens (tertiary/aromatic N) is 4. The van der Waals surface area contributed by atoms with Gasteiger partial charge in [0, 0.05) is 12.0 Å². The van der Waals surface area contributed by atoms with Crippen LogP contribution in [0.5, 0.6) is 0 Å². The number of nitrogen functional groups attached to an aromatic ring is 1. The monoisotopic (exact) mass is 665 g/mol. The van der Waals surface area contributed by atoms with Gasteiger partial charge in [-0.2, -0.15) is 14.4 Å². The van der Waals surface area contributed by atoms with Gasteiger partial charge in [0.1, 0.15) is 18.2 Å². The minimum Gasteiger partial charge on any atom is -0.461 e. The molecule has 1 aliphatic heterocycles. The highest BCUT2D eigenvalue weighted by molar-refractivity contribution is 5.91. The first-order valence-corrected chi connectivity index (χ1v) is 17.2. The molecule has 2 aromatic heterocycles. The summed E-state index contributed by atoms with van der Waals surface area (Å²) in [6.07, 6.45) is 21.0. The normalized spacial score (nSPS) is 19.0. The Morgan fingerprint density at radius 2 is 1.71 bits per heavy atom. The van der Waals surface area contributed by atoms with Crippen LogP contribution in [0.2, 0.25) is 0 Å². The zero-order valence-electron chi connectivity index (χ0n) is 27.9. The number of unbranched alkanes of at least 4 members (excludes halogenated alkanes) is 12. The molecule has 1 saturated heterocycles. The van der Waals surface area contributed by atoms with E-state index < -0.39 is 36.4 Å². The number of anilines is 1. The summed E-state index contributed by atoms with van der Waals surface area (Å²) in [7, 11) is 0. The van der Waals surface area contributed by atoms with Gasteiger partial charge >= 0.3 is 18.0 Å². The SMILES string of the molecule is C#C[C@]1(CO)OCC(n2cnc3c(N)nc(F)nc32)[C@@H]1OC(=O)c1ccccc1COC(=O)CCCCCCCCCCCCCCC. The number of aliphatic hydroxyl groups excluding tert-OH is 1. The van der Waals surface area contributed by atoms with Gasteiger partial charge in [-0.1, -0.05) is 108 Å². The van der Waals surface area contributed by atoms with Crippen LogP contribution in [0.1, 0.15) is 119 Å². The Hall–Kier alpha value is -4.08. The van der Waals surface area contributed by atoms with Gasteiger partial charge in [-0.3, -0.25) is 4.79 Å². The maximum Gasteiger partial charge on any atom is 0.339 e. The van der Waals surface area contributed by atoms with Gasteiger partial charge in [-0.05, 0) is 12.5 Å². The molecular formula is C36H48FN5O6. The predicted octanol–water partition coefficient (Wildman–Crippen LogP) is 6.23. The summed E-state index contributed by atoms with van der Waals surface area (Å²) in [6, 6.07) is 5.77. The number of benzene rings is 1. The average Bonchev–Trinajstić information content (AvgIpc) is 3.67. The number of aliphatic hydroxyl groups is 1. The molecule has 3 atom stereocenters. The first kappa shape index (κ1) is 36.8. The van der Waals surface area contributed by atoms with E-state index >= 15 is 0 Å². The van der Waals surface area contributed by atoms with Crippen LogP contribution in [0.3, 0.4) is 0 Å². The van der Waals surface area contributed by atoms with Crippen molar-refractivity contribution >= 4 is 28.9 Å². The van der Waals surface area contributed by atoms with E-state index in [2.05, 4.69) is 27.8 Å². The van der Waals surface area contributed by atoms with Gasteiger partial charge in [0.05, 0.1) is 25.1 Å². The second-order valence-corrected chi connectivity index (χ2v) is 12.4. The molecule has 48 heavy (non-hydrogen) atoms. The highest BCUT2D eigenvalue weighted by atomic mass is 19.1. The fraction of sp³-hybridized carbons (Fsp3) is 0.583. The number of halogens is 1. The van der Waals surface area contributed by atoms with E-state index in [0.29, 0.717) is 12.0 Å². The lowest BCUT2D eigenvalue weighted by Gasteiger charge is -2.29. The lowest BCUT2D eigenvalue weighted by Crippen LogP contribution is -2.46. The van der Waals surface area contributed by atoms with Crippen molar-refractivity contribution in [1.29, 1.82) is 0 Å². The second kappa shape index (κ2) is 18.5. The van der Waals surface area contributed by atoms with Gasteiger partial charge in [-0.15, -0.1) is 6.42 Å². The largest absolute Gasteiger partial charge is 0.461 e. The average molecular weight is 666 g/mol. The summed E-state index contributed by atoms with van der Waals surface area (Å²) in [6.45, 7) is 1.37. The third-order valence-electron chi connectivity index (χ3n) is 8.92. The van der Waals surface area contributed by atoms with Crippen molar-refractivity contribution in [1.82, 2.24) is 19.5 Å². The first-order valence-electron chi connectivity index (χ1n) is 17.2. The topological polar surface area (TPSA) is 152 Å². The van der Waals surface area contributed by atoms with Crippen LogP contribution in [0.25, 0.3) is 11.2 Å². The van der Waals surface area contributed by atoms with Gasteiger partial charge in [-0.25, -0.2) is 9.78 Å². The molecule has 1 aliphatic rings. The fourth-order valence-electron chi connectivity index (χ4n) is 6.11. The fourth-order valence-corrected chi connectivity index (χ4v) is 6.11. The number of hydrogen-bond acceptors (Lipinski definition) is 10. The number of fused-ring (bicyclic) bond motifs is 1. The minimum absolute atomic E-state index is 0.0521. The number of imidazole rings is 1. The highest BCUT2D eigenvalue weighted by Gasteiger charge is 2.53. The Bertz CT molecular complexity index is 1540. The highest BCUT2D eigenvalue weighted by Crippen LogP contribution is 2.38. The van der Waals surface area contributed by atoms with E-state index in [1.54, 1.807) is 24.3 Å². The van der Waals surface area contributed by atoms with Crippen molar-refractivity contribution < 1.29 is 33.3 Å². The van der Waals surface area contributed by atoms with Crippen molar-refractivity contribution in [2.45, 2.75) is 121 Å². The van der Waals surface area contributed by atoms with Crippen LogP contribution in [-0.4, -0.2) is 61.5 Å². The van der Waals surface area contributed by atoms with Crippen molar-refractivity contribution in [2.75, 3.05) is 18.9 Å². The Morgan fingerprint density at radius 3 is 2.35 bits per heavy atom. The number of nitrogens with two attached hydrogens (primary N) is 1. The molecule has 0 saturated carbocycles. The molecule has 11 nitrogen and oxygen atoms in total. The van der Waals surface area contributed by atoms with E-state index in [1.165, 1.54) is 75.1 Å². The number of hydrogen-bond donors (Lipinski definition) is 2. The van der Waals surface area contributed by atoms with E-state index in [9.17, 15) is 19.1 Å². The molecular weight excluding hydrogens is 617 g/mol. The zero-order valence-corrected chi connectivity index (χ0v) is 27.9. The summed E-state index contributed by atoms with van der Waals surface area (Å²) in [5.41, 5.74) is 4.94. The molecule has 3 heterocycles. The van der Waals surface area contributed by atoms with E-state index in [1.807, 2.05) is 0 Å². The van der Waals surface area contributed by atoms with Crippen LogP contribution in [-0.2, 0) is 25.6 Å². The number of ether oxygens (including phenoxy) is 3.